The molecule has 0 spiro atoms. The van der Waals surface area contributed by atoms with E-state index in [1.165, 1.54) is 25.0 Å². The van der Waals surface area contributed by atoms with Crippen LogP contribution in [0.3, 0.4) is 0 Å². The Kier molecular flexibility index (Phi) is 9.54. The molecule has 1 atom stereocenters. The van der Waals surface area contributed by atoms with Crippen molar-refractivity contribution in [3.05, 3.63) is 29.8 Å². The minimum atomic E-state index is -3.98. The first-order valence-electron chi connectivity index (χ1n) is 6.07. The summed E-state index contributed by atoms with van der Waals surface area (Å²) in [7, 11) is -7.10. The van der Waals surface area contributed by atoms with Gasteiger partial charge in [0.2, 0.25) is 6.79 Å². The third kappa shape index (κ3) is 7.67. The van der Waals surface area contributed by atoms with Gasteiger partial charge in [0.15, 0.2) is 0 Å². The number of unbranched alkanes of at least 4 members (excludes halogenated alkanes) is 1. The zero-order valence-electron chi connectivity index (χ0n) is 11.7. The molecule has 1 aromatic carbocycles. The van der Waals surface area contributed by atoms with E-state index < -0.39 is 25.2 Å². The van der Waals surface area contributed by atoms with Gasteiger partial charge in [-0.1, -0.05) is 44.9 Å². The molecule has 0 aliphatic carbocycles. The lowest BCUT2D eigenvalue weighted by Gasteiger charge is -2.05. The Hall–Kier alpha value is -0.850. The van der Waals surface area contributed by atoms with Gasteiger partial charge in [-0.2, -0.15) is 8.42 Å². The molecule has 8 heteroatoms. The molecule has 20 heavy (non-hydrogen) atoms. The minimum Gasteiger partial charge on any atom is -0.566 e. The average molecular weight is 322 g/mol. The van der Waals surface area contributed by atoms with E-state index in [4.69, 9.17) is 0 Å². The van der Waals surface area contributed by atoms with Gasteiger partial charge in [0, 0.05) is 0 Å². The zero-order chi connectivity index (χ0) is 15.6. The summed E-state index contributed by atoms with van der Waals surface area (Å²) in [5.41, 5.74) is 0.508. The summed E-state index contributed by atoms with van der Waals surface area (Å²) in [6.07, 6.45) is 2.64. The van der Waals surface area contributed by atoms with Crippen molar-refractivity contribution in [3.63, 3.8) is 0 Å². The Morgan fingerprint density at radius 3 is 2.20 bits per heavy atom. The van der Waals surface area contributed by atoms with E-state index in [1.807, 2.05) is 0 Å². The first-order chi connectivity index (χ1) is 9.35. The van der Waals surface area contributed by atoms with E-state index >= 15 is 0 Å². The molecule has 0 bridgehead atoms. The maximum absolute atomic E-state index is 11.5. The van der Waals surface area contributed by atoms with Crippen LogP contribution in [0.15, 0.2) is 29.2 Å². The molecule has 0 fully saturated rings. The highest BCUT2D eigenvalue weighted by molar-refractivity contribution is 7.86. The molecule has 114 valence electrons. The van der Waals surface area contributed by atoms with Gasteiger partial charge in [0.25, 0.3) is 10.1 Å². The fraction of sp³-hybridized carbons (Fsp3) is 0.500. The first-order valence-corrected chi connectivity index (χ1v) is 8.57. The second kappa shape index (κ2) is 9.96. The first kappa shape index (κ1) is 19.1. The fourth-order valence-electron chi connectivity index (χ4n) is 1.03. The molecule has 0 saturated heterocycles. The van der Waals surface area contributed by atoms with Crippen molar-refractivity contribution in [1.29, 1.82) is 0 Å². The summed E-state index contributed by atoms with van der Waals surface area (Å²) >= 11 is 0. The molecule has 1 unspecified atom stereocenters. The summed E-state index contributed by atoms with van der Waals surface area (Å²) < 4.78 is 41.5. The molecule has 0 N–H and O–H groups in total. The van der Waals surface area contributed by atoms with Crippen LogP contribution in [0.2, 0.25) is 0 Å². The lowest BCUT2D eigenvalue weighted by Crippen LogP contribution is -2.10. The van der Waals surface area contributed by atoms with E-state index in [2.05, 4.69) is 22.6 Å². The van der Waals surface area contributed by atoms with Crippen LogP contribution in [0.4, 0.5) is 0 Å². The van der Waals surface area contributed by atoms with Gasteiger partial charge in [-0.15, -0.1) is 4.52 Å². The summed E-state index contributed by atoms with van der Waals surface area (Å²) in [6, 6.07) is 6.19. The number of aryl methyl sites for hydroxylation is 1. The average Bonchev–Trinajstić information content (AvgIpc) is 2.38. The SMILES string of the molecule is CCCC.Cc1ccccc1S(=O)(=O)OCO[P+](=O)[O-]. The van der Waals surface area contributed by atoms with Gasteiger partial charge >= 0.3 is 8.25 Å². The molecule has 1 aromatic rings. The Morgan fingerprint density at radius 2 is 1.75 bits per heavy atom. The summed E-state index contributed by atoms with van der Waals surface area (Å²) in [4.78, 5) is 10.0. The normalized spacial score (nSPS) is 11.5. The minimum absolute atomic E-state index is 0.0141. The van der Waals surface area contributed by atoms with Crippen LogP contribution in [-0.2, 0) is 23.4 Å². The Morgan fingerprint density at radius 1 is 1.20 bits per heavy atom. The van der Waals surface area contributed by atoms with Crippen LogP contribution < -0.4 is 4.89 Å². The van der Waals surface area contributed by atoms with E-state index in [9.17, 15) is 17.9 Å². The van der Waals surface area contributed by atoms with Crippen molar-refractivity contribution >= 4 is 18.4 Å². The molecule has 0 heterocycles. The second-order valence-corrected chi connectivity index (χ2v) is 6.10. The number of benzene rings is 1. The Balaban J connectivity index is 0.000000796. The van der Waals surface area contributed by atoms with Gasteiger partial charge in [-0.25, -0.2) is 4.18 Å². The van der Waals surface area contributed by atoms with Crippen molar-refractivity contribution in [2.24, 2.45) is 0 Å². The van der Waals surface area contributed by atoms with Crippen LogP contribution in [0.1, 0.15) is 32.3 Å². The number of hydrogen-bond donors (Lipinski definition) is 0. The van der Waals surface area contributed by atoms with Crippen LogP contribution in [0, 0.1) is 6.92 Å². The Bertz CT molecular complexity index is 512. The zero-order valence-corrected chi connectivity index (χ0v) is 13.4. The number of hydrogen-bond acceptors (Lipinski definition) is 6. The van der Waals surface area contributed by atoms with Crippen LogP contribution >= 0.6 is 8.25 Å². The summed E-state index contributed by atoms with van der Waals surface area (Å²) in [5.74, 6) is 0. The van der Waals surface area contributed by atoms with Gasteiger partial charge in [0.1, 0.15) is 0 Å². The fourth-order valence-corrected chi connectivity index (χ4v) is 2.25. The van der Waals surface area contributed by atoms with Crippen molar-refractivity contribution in [2.45, 2.75) is 38.5 Å². The van der Waals surface area contributed by atoms with Gasteiger partial charge < -0.3 is 4.89 Å². The van der Waals surface area contributed by atoms with Crippen molar-refractivity contribution in [1.82, 2.24) is 0 Å². The van der Waals surface area contributed by atoms with Crippen molar-refractivity contribution < 1.29 is 26.6 Å². The molecular weight excluding hydrogens is 303 g/mol. The highest BCUT2D eigenvalue weighted by atomic mass is 32.2. The van der Waals surface area contributed by atoms with Gasteiger partial charge in [-0.3, -0.25) is 0 Å². The standard InChI is InChI=1S/C8H9O6PS.C4H10/c1-7-4-2-3-5-8(7)16(11,12)14-6-13-15(9)10;1-3-4-2/h2-5H,6H2,1H3;3-4H2,1-2H3. The summed E-state index contributed by atoms with van der Waals surface area (Å²) in [5, 5.41) is 0. The van der Waals surface area contributed by atoms with E-state index in [0.29, 0.717) is 5.56 Å². The van der Waals surface area contributed by atoms with E-state index in [1.54, 1.807) is 19.1 Å². The largest absolute Gasteiger partial charge is 0.566 e. The molecule has 0 aliphatic heterocycles. The smallest absolute Gasteiger partial charge is 0.490 e. The third-order valence-electron chi connectivity index (χ3n) is 2.22. The van der Waals surface area contributed by atoms with E-state index in [-0.39, 0.29) is 4.90 Å². The maximum atomic E-state index is 11.5. The van der Waals surface area contributed by atoms with Gasteiger partial charge in [-0.05, 0) is 23.1 Å². The molecule has 0 saturated carbocycles. The Labute approximate surface area is 120 Å². The van der Waals surface area contributed by atoms with E-state index in [0.717, 1.165) is 0 Å². The van der Waals surface area contributed by atoms with Crippen molar-refractivity contribution in [3.8, 4) is 0 Å². The monoisotopic (exact) mass is 322 g/mol. The highest BCUT2D eigenvalue weighted by Crippen LogP contribution is 2.18. The molecule has 0 aromatic heterocycles. The molecule has 0 amide bonds. The van der Waals surface area contributed by atoms with Crippen LogP contribution in [-0.4, -0.2) is 15.2 Å². The molecule has 1 rings (SSSR count). The predicted molar refractivity (Wildman–Crippen MR) is 73.6 cm³/mol. The quantitative estimate of drug-likeness (QED) is 0.454. The topological polar surface area (TPSA) is 92.7 Å². The number of rotatable bonds is 6. The molecule has 6 nitrogen and oxygen atoms in total. The van der Waals surface area contributed by atoms with Crippen LogP contribution in [0.25, 0.3) is 0 Å². The molecule has 0 radical (unpaired) electrons. The van der Waals surface area contributed by atoms with Crippen LogP contribution in [0.5, 0.6) is 0 Å². The highest BCUT2D eigenvalue weighted by Gasteiger charge is 2.18. The predicted octanol–water partition coefficient (Wildman–Crippen LogP) is 2.50. The lowest BCUT2D eigenvalue weighted by atomic mass is 10.2. The second-order valence-electron chi connectivity index (χ2n) is 3.81. The lowest BCUT2D eigenvalue weighted by molar-refractivity contribution is -0.189. The van der Waals surface area contributed by atoms with Gasteiger partial charge in [0.05, 0.1) is 4.90 Å². The maximum Gasteiger partial charge on any atom is 0.490 e. The van der Waals surface area contributed by atoms with Crippen molar-refractivity contribution in [2.75, 3.05) is 6.79 Å². The summed E-state index contributed by atoms with van der Waals surface area (Å²) in [6.45, 7) is 5.11. The molecule has 0 aliphatic rings. The molecular formula is C12H19O6PS. The third-order valence-corrected chi connectivity index (χ3v) is 3.94.